The molecule has 0 radical (unpaired) electrons. The Morgan fingerprint density at radius 3 is 2.64 bits per heavy atom. The van der Waals surface area contributed by atoms with E-state index in [1.165, 1.54) is 24.3 Å². The Balaban J connectivity index is 2.93. The number of hydrogen-bond donors (Lipinski definition) is 4. The summed E-state index contributed by atoms with van der Waals surface area (Å²) in [5.41, 5.74) is 6.83. The van der Waals surface area contributed by atoms with Crippen LogP contribution in [-0.4, -0.2) is 17.3 Å². The lowest BCUT2D eigenvalue weighted by Gasteiger charge is -2.10. The number of nitrogens with two attached hydrogens (primary N) is 2. The van der Waals surface area contributed by atoms with Gasteiger partial charge in [-0.15, -0.1) is 0 Å². The van der Waals surface area contributed by atoms with E-state index < -0.39 is 30.1 Å². The third-order valence-electron chi connectivity index (χ3n) is 2.18. The minimum absolute atomic E-state index is 0.107. The second-order valence-electron chi connectivity index (χ2n) is 3.92. The quantitative estimate of drug-likeness (QED) is 0.217. The summed E-state index contributed by atoms with van der Waals surface area (Å²) in [5, 5.41) is 8.72. The molecule has 0 heterocycles. The van der Waals surface area contributed by atoms with Crippen LogP contribution < -0.4 is 21.7 Å². The molecule has 1 aromatic rings. The van der Waals surface area contributed by atoms with Gasteiger partial charge in [-0.2, -0.15) is 13.2 Å². The predicted octanol–water partition coefficient (Wildman–Crippen LogP) is 1.05. The van der Waals surface area contributed by atoms with Crippen LogP contribution in [0.1, 0.15) is 12.0 Å². The Labute approximate surface area is 123 Å². The van der Waals surface area contributed by atoms with E-state index in [1.807, 2.05) is 11.3 Å². The molecule has 9 heteroatoms. The number of rotatable bonds is 4. The van der Waals surface area contributed by atoms with E-state index in [1.54, 1.807) is 0 Å². The lowest BCUT2D eigenvalue weighted by molar-refractivity contribution is -0.133. The number of hydrazine groups is 1. The van der Waals surface area contributed by atoms with Gasteiger partial charge in [0.15, 0.2) is 5.70 Å². The topological polar surface area (TPSA) is 111 Å². The molecule has 0 aliphatic carbocycles. The van der Waals surface area contributed by atoms with Crippen LogP contribution >= 0.6 is 0 Å². The first kappa shape index (κ1) is 17.2. The summed E-state index contributed by atoms with van der Waals surface area (Å²) >= 11 is 0. The summed E-state index contributed by atoms with van der Waals surface area (Å²) in [4.78, 5) is 10.7. The van der Waals surface area contributed by atoms with Crippen molar-refractivity contribution < 1.29 is 27.8 Å². The molecule has 0 saturated heterocycles. The van der Waals surface area contributed by atoms with Crippen LogP contribution in [0.4, 0.5) is 13.2 Å². The average Bonchev–Trinajstić information content (AvgIpc) is 2.43. The number of carbonyl (C=O) groups is 1. The van der Waals surface area contributed by atoms with Crippen molar-refractivity contribution >= 4 is 5.97 Å². The van der Waals surface area contributed by atoms with Crippen LogP contribution in [0.25, 0.3) is 0 Å². The highest BCUT2D eigenvalue weighted by atomic mass is 19.4. The number of halogens is 3. The second kappa shape index (κ2) is 7.24. The van der Waals surface area contributed by atoms with Crippen molar-refractivity contribution in [1.29, 1.82) is 0 Å². The van der Waals surface area contributed by atoms with Crippen LogP contribution in [0.5, 0.6) is 5.75 Å². The first-order chi connectivity index (χ1) is 10.2. The molecule has 118 valence electrons. The minimum Gasteiger partial charge on any atom is -0.476 e. The SMILES string of the molecule is NN/C(Oc1cccc(C#CCC(F)(F)F)c1)=C(\N)C(=O)O. The molecular formula is C13H12F3N3O3. The third kappa shape index (κ3) is 5.64. The summed E-state index contributed by atoms with van der Waals surface area (Å²) in [6.07, 6.45) is -5.60. The summed E-state index contributed by atoms with van der Waals surface area (Å²) in [5.74, 6) is 7.64. The molecule has 0 aromatic heterocycles. The molecule has 0 unspecified atom stereocenters. The summed E-state index contributed by atoms with van der Waals surface area (Å²) in [6, 6.07) is 5.69. The van der Waals surface area contributed by atoms with E-state index in [0.29, 0.717) is 0 Å². The number of benzene rings is 1. The Morgan fingerprint density at radius 2 is 2.09 bits per heavy atom. The standard InChI is InChI=1S/C13H12F3N3O3/c14-13(15,16)6-2-4-8-3-1-5-9(7-8)22-11(19-18)10(17)12(20)21/h1,3,5,7,19H,6,17-18H2,(H,20,21)/b11-10+. The van der Waals surface area contributed by atoms with Crippen LogP contribution in [0, 0.1) is 11.8 Å². The molecule has 6 N–H and O–H groups in total. The first-order valence-electron chi connectivity index (χ1n) is 5.76. The first-order valence-corrected chi connectivity index (χ1v) is 5.76. The number of aliphatic carboxylic acids is 1. The Kier molecular flexibility index (Phi) is 5.65. The molecule has 0 aliphatic rings. The molecular weight excluding hydrogens is 303 g/mol. The van der Waals surface area contributed by atoms with Crippen LogP contribution in [-0.2, 0) is 4.79 Å². The van der Waals surface area contributed by atoms with E-state index in [0.717, 1.165) is 0 Å². The number of alkyl halides is 3. The molecule has 0 saturated carbocycles. The smallest absolute Gasteiger partial charge is 0.399 e. The van der Waals surface area contributed by atoms with Crippen LogP contribution in [0.15, 0.2) is 35.8 Å². The summed E-state index contributed by atoms with van der Waals surface area (Å²) < 4.78 is 41.1. The van der Waals surface area contributed by atoms with Gasteiger partial charge in [0.05, 0.1) is 0 Å². The molecule has 22 heavy (non-hydrogen) atoms. The van der Waals surface area contributed by atoms with Crippen molar-refractivity contribution in [3.8, 4) is 17.6 Å². The average molecular weight is 315 g/mol. The largest absolute Gasteiger partial charge is 0.476 e. The Morgan fingerprint density at radius 1 is 1.41 bits per heavy atom. The van der Waals surface area contributed by atoms with Gasteiger partial charge in [-0.3, -0.25) is 5.43 Å². The monoisotopic (exact) mass is 315 g/mol. The molecule has 6 nitrogen and oxygen atoms in total. The van der Waals surface area contributed by atoms with E-state index in [4.69, 9.17) is 21.4 Å². The zero-order valence-electron chi connectivity index (χ0n) is 11.1. The van der Waals surface area contributed by atoms with Crippen molar-refractivity contribution in [3.05, 3.63) is 41.4 Å². The van der Waals surface area contributed by atoms with Gasteiger partial charge in [0.25, 0.3) is 0 Å². The van der Waals surface area contributed by atoms with E-state index in [-0.39, 0.29) is 11.3 Å². The van der Waals surface area contributed by atoms with Crippen molar-refractivity contribution in [2.45, 2.75) is 12.6 Å². The van der Waals surface area contributed by atoms with Crippen molar-refractivity contribution in [2.24, 2.45) is 11.6 Å². The number of ether oxygens (including phenoxy) is 1. The Bertz CT molecular complexity index is 645. The van der Waals surface area contributed by atoms with Crippen molar-refractivity contribution in [3.63, 3.8) is 0 Å². The molecule has 1 rings (SSSR count). The van der Waals surface area contributed by atoms with E-state index in [9.17, 15) is 18.0 Å². The van der Waals surface area contributed by atoms with Gasteiger partial charge in [-0.05, 0) is 18.2 Å². The van der Waals surface area contributed by atoms with Gasteiger partial charge in [0.1, 0.15) is 12.2 Å². The summed E-state index contributed by atoms with van der Waals surface area (Å²) in [7, 11) is 0. The molecule has 0 atom stereocenters. The van der Waals surface area contributed by atoms with Gasteiger partial charge in [0, 0.05) is 5.56 Å². The van der Waals surface area contributed by atoms with Crippen molar-refractivity contribution in [1.82, 2.24) is 5.43 Å². The zero-order chi connectivity index (χ0) is 16.8. The van der Waals surface area contributed by atoms with Gasteiger partial charge in [-0.25, -0.2) is 10.6 Å². The van der Waals surface area contributed by atoms with Crippen LogP contribution in [0.3, 0.4) is 0 Å². The number of carboxylic acids is 1. The molecule has 0 fully saturated rings. The lowest BCUT2D eigenvalue weighted by Crippen LogP contribution is -2.31. The molecule has 0 amide bonds. The normalized spacial score (nSPS) is 11.8. The number of hydrogen-bond acceptors (Lipinski definition) is 5. The van der Waals surface area contributed by atoms with Crippen molar-refractivity contribution in [2.75, 3.05) is 0 Å². The second-order valence-corrected chi connectivity index (χ2v) is 3.92. The van der Waals surface area contributed by atoms with Gasteiger partial charge < -0.3 is 15.6 Å². The van der Waals surface area contributed by atoms with Gasteiger partial charge in [-0.1, -0.05) is 17.9 Å². The fourth-order valence-corrected chi connectivity index (χ4v) is 1.26. The minimum atomic E-state index is -4.36. The highest BCUT2D eigenvalue weighted by Crippen LogP contribution is 2.19. The van der Waals surface area contributed by atoms with Gasteiger partial charge >= 0.3 is 12.1 Å². The maximum Gasteiger partial charge on any atom is 0.399 e. The van der Waals surface area contributed by atoms with Crippen LogP contribution in [0.2, 0.25) is 0 Å². The fraction of sp³-hybridized carbons (Fsp3) is 0.154. The lowest BCUT2D eigenvalue weighted by atomic mass is 10.2. The fourth-order valence-electron chi connectivity index (χ4n) is 1.26. The maximum absolute atomic E-state index is 12.0. The zero-order valence-corrected chi connectivity index (χ0v) is 11.1. The van der Waals surface area contributed by atoms with Gasteiger partial charge in [0.2, 0.25) is 5.88 Å². The number of nitrogens with one attached hydrogen (secondary N) is 1. The Hall–Kier alpha value is -2.86. The predicted molar refractivity (Wildman–Crippen MR) is 70.8 cm³/mol. The summed E-state index contributed by atoms with van der Waals surface area (Å²) in [6.45, 7) is 0. The maximum atomic E-state index is 12.0. The number of carboxylic acid groups (broad SMARTS) is 1. The highest BCUT2D eigenvalue weighted by molar-refractivity contribution is 5.85. The highest BCUT2D eigenvalue weighted by Gasteiger charge is 2.25. The molecule has 0 bridgehead atoms. The van der Waals surface area contributed by atoms with E-state index >= 15 is 0 Å². The molecule has 1 aromatic carbocycles. The molecule has 0 spiro atoms. The molecule has 0 aliphatic heterocycles. The third-order valence-corrected chi connectivity index (χ3v) is 2.18. The van der Waals surface area contributed by atoms with E-state index in [2.05, 4.69) is 5.92 Å².